The number of nitrogens with zero attached hydrogens (tertiary/aromatic N) is 2. The Labute approximate surface area is 140 Å². The Balaban J connectivity index is 1.90. The number of hydrogen-bond donors (Lipinski definition) is 1. The Hall–Kier alpha value is -2.64. The molecule has 0 radical (unpaired) electrons. The van der Waals surface area contributed by atoms with Gasteiger partial charge in [-0.3, -0.25) is 20.3 Å². The molecule has 2 rings (SSSR count). The van der Waals surface area contributed by atoms with E-state index < -0.39 is 11.0 Å². The monoisotopic (exact) mass is 353 g/mol. The van der Waals surface area contributed by atoms with E-state index >= 15 is 0 Å². The van der Waals surface area contributed by atoms with E-state index in [2.05, 4.69) is 15.3 Å². The highest BCUT2D eigenvalue weighted by Gasteiger charge is 2.05. The van der Waals surface area contributed by atoms with Gasteiger partial charge >= 0.3 is 6.09 Å². The summed E-state index contributed by atoms with van der Waals surface area (Å²) in [7, 11) is 0. The van der Waals surface area contributed by atoms with Crippen molar-refractivity contribution in [2.24, 2.45) is 5.16 Å². The molecule has 0 fully saturated rings. The zero-order valence-corrected chi connectivity index (χ0v) is 12.9. The van der Waals surface area contributed by atoms with Crippen LogP contribution in [0.15, 0.2) is 47.6 Å². The van der Waals surface area contributed by atoms with Crippen LogP contribution in [0, 0.1) is 10.1 Å². The molecule has 7 nitrogen and oxygen atoms in total. The minimum absolute atomic E-state index is 0.0413. The first-order valence-corrected chi connectivity index (χ1v) is 6.92. The predicted octanol–water partition coefficient (Wildman–Crippen LogP) is 4.48. The van der Waals surface area contributed by atoms with Gasteiger partial charge in [-0.15, -0.1) is 0 Å². The van der Waals surface area contributed by atoms with Crippen molar-refractivity contribution >= 4 is 46.9 Å². The summed E-state index contributed by atoms with van der Waals surface area (Å²) in [5.41, 5.74) is 0.897. The number of carbonyl (C=O) groups excluding carboxylic acids is 1. The maximum Gasteiger partial charge on any atom is 0.437 e. The summed E-state index contributed by atoms with van der Waals surface area (Å²) < 4.78 is 0. The van der Waals surface area contributed by atoms with Gasteiger partial charge < -0.3 is 0 Å². The topological polar surface area (TPSA) is 93.8 Å². The van der Waals surface area contributed by atoms with Gasteiger partial charge in [0.05, 0.1) is 21.2 Å². The number of rotatable bonds is 4. The molecule has 0 saturated heterocycles. The first-order valence-electron chi connectivity index (χ1n) is 6.16. The van der Waals surface area contributed by atoms with E-state index in [1.807, 2.05) is 0 Å². The van der Waals surface area contributed by atoms with E-state index in [9.17, 15) is 14.9 Å². The zero-order chi connectivity index (χ0) is 16.8. The average molecular weight is 354 g/mol. The van der Waals surface area contributed by atoms with E-state index in [0.29, 0.717) is 21.3 Å². The number of anilines is 1. The van der Waals surface area contributed by atoms with Crippen LogP contribution < -0.4 is 5.32 Å². The van der Waals surface area contributed by atoms with Crippen LogP contribution in [-0.2, 0) is 4.84 Å². The molecule has 0 aromatic heterocycles. The first kappa shape index (κ1) is 16.7. The fourth-order valence-corrected chi connectivity index (χ4v) is 1.83. The molecule has 0 aliphatic heterocycles. The number of nitro benzene ring substituents is 1. The molecule has 0 aliphatic rings. The van der Waals surface area contributed by atoms with Crippen LogP contribution in [0.2, 0.25) is 10.0 Å². The lowest BCUT2D eigenvalue weighted by molar-refractivity contribution is -0.384. The Kier molecular flexibility index (Phi) is 5.51. The van der Waals surface area contributed by atoms with Crippen LogP contribution in [0.3, 0.4) is 0 Å². The molecular weight excluding hydrogens is 345 g/mol. The van der Waals surface area contributed by atoms with Crippen molar-refractivity contribution in [1.82, 2.24) is 0 Å². The normalized spacial score (nSPS) is 10.5. The summed E-state index contributed by atoms with van der Waals surface area (Å²) in [6, 6.07) is 10.1. The van der Waals surface area contributed by atoms with Gasteiger partial charge in [-0.1, -0.05) is 28.4 Å². The fraction of sp³-hybridized carbons (Fsp3) is 0. The second-order valence-corrected chi connectivity index (χ2v) is 5.03. The van der Waals surface area contributed by atoms with Gasteiger partial charge in [-0.05, 0) is 35.9 Å². The van der Waals surface area contributed by atoms with Crippen LogP contribution in [0.25, 0.3) is 0 Å². The van der Waals surface area contributed by atoms with Crippen molar-refractivity contribution < 1.29 is 14.6 Å². The second kappa shape index (κ2) is 7.57. The van der Waals surface area contributed by atoms with E-state index in [4.69, 9.17) is 23.2 Å². The van der Waals surface area contributed by atoms with Crippen LogP contribution in [-0.4, -0.2) is 17.2 Å². The summed E-state index contributed by atoms with van der Waals surface area (Å²) in [4.78, 5) is 26.1. The third-order valence-corrected chi connectivity index (χ3v) is 3.35. The minimum Gasteiger partial charge on any atom is -0.298 e. The lowest BCUT2D eigenvalue weighted by atomic mass is 10.2. The minimum atomic E-state index is -0.818. The number of benzene rings is 2. The molecule has 0 unspecified atom stereocenters. The molecule has 0 heterocycles. The smallest absolute Gasteiger partial charge is 0.298 e. The molecule has 23 heavy (non-hydrogen) atoms. The van der Waals surface area contributed by atoms with Crippen LogP contribution in [0.4, 0.5) is 16.2 Å². The van der Waals surface area contributed by atoms with E-state index in [-0.39, 0.29) is 5.69 Å². The van der Waals surface area contributed by atoms with Gasteiger partial charge in [0.25, 0.3) is 5.69 Å². The molecule has 1 N–H and O–H groups in total. The van der Waals surface area contributed by atoms with Crippen LogP contribution >= 0.6 is 23.2 Å². The number of halogens is 2. The molecule has 0 spiro atoms. The summed E-state index contributed by atoms with van der Waals surface area (Å²) in [5, 5.41) is 17.1. The Morgan fingerprint density at radius 3 is 2.48 bits per heavy atom. The van der Waals surface area contributed by atoms with Gasteiger partial charge in [0.1, 0.15) is 0 Å². The highest BCUT2D eigenvalue weighted by molar-refractivity contribution is 6.42. The lowest BCUT2D eigenvalue weighted by Gasteiger charge is -2.03. The van der Waals surface area contributed by atoms with E-state index in [0.717, 1.165) is 0 Å². The van der Waals surface area contributed by atoms with Crippen molar-refractivity contribution in [3.05, 3.63) is 68.2 Å². The van der Waals surface area contributed by atoms with Crippen molar-refractivity contribution in [1.29, 1.82) is 0 Å². The summed E-state index contributed by atoms with van der Waals surface area (Å²) in [5.74, 6) is 0. The molecular formula is C14H9Cl2N3O4. The van der Waals surface area contributed by atoms with E-state index in [1.165, 1.54) is 42.6 Å². The van der Waals surface area contributed by atoms with Crippen molar-refractivity contribution in [3.63, 3.8) is 0 Å². The first-order chi connectivity index (χ1) is 11.0. The van der Waals surface area contributed by atoms with Gasteiger partial charge in [-0.25, -0.2) is 4.79 Å². The van der Waals surface area contributed by atoms with E-state index in [1.54, 1.807) is 6.07 Å². The summed E-state index contributed by atoms with van der Waals surface area (Å²) in [6.07, 6.45) is 0.430. The number of nitrogens with one attached hydrogen (secondary N) is 1. The number of nitro groups is 1. The summed E-state index contributed by atoms with van der Waals surface area (Å²) in [6.45, 7) is 0. The fourth-order valence-electron chi connectivity index (χ4n) is 1.53. The molecule has 1 amide bonds. The molecule has 9 heteroatoms. The number of hydrogen-bond acceptors (Lipinski definition) is 5. The van der Waals surface area contributed by atoms with Gasteiger partial charge in [-0.2, -0.15) is 0 Å². The highest BCUT2D eigenvalue weighted by Crippen LogP contribution is 2.25. The zero-order valence-electron chi connectivity index (χ0n) is 11.4. The van der Waals surface area contributed by atoms with Crippen LogP contribution in [0.1, 0.15) is 5.56 Å². The number of amides is 1. The Bertz CT molecular complexity index is 763. The van der Waals surface area contributed by atoms with Gasteiger partial charge in [0.2, 0.25) is 0 Å². The third-order valence-electron chi connectivity index (χ3n) is 2.61. The van der Waals surface area contributed by atoms with Crippen LogP contribution in [0.5, 0.6) is 0 Å². The molecule has 0 atom stereocenters. The number of carbonyl (C=O) groups is 1. The Morgan fingerprint density at radius 2 is 1.87 bits per heavy atom. The van der Waals surface area contributed by atoms with Crippen molar-refractivity contribution in [2.45, 2.75) is 0 Å². The predicted molar refractivity (Wildman–Crippen MR) is 87.3 cm³/mol. The van der Waals surface area contributed by atoms with Gasteiger partial charge in [0.15, 0.2) is 0 Å². The van der Waals surface area contributed by atoms with Crippen molar-refractivity contribution in [3.8, 4) is 0 Å². The second-order valence-electron chi connectivity index (χ2n) is 4.22. The number of non-ortho nitro benzene ring substituents is 1. The quantitative estimate of drug-likeness (QED) is 0.379. The largest absolute Gasteiger partial charge is 0.437 e. The SMILES string of the molecule is O=C(Nc1ccc(Cl)c(Cl)c1)O/N=C/c1ccc([N+](=O)[O-])cc1. The maximum absolute atomic E-state index is 11.5. The van der Waals surface area contributed by atoms with Crippen molar-refractivity contribution in [2.75, 3.05) is 5.32 Å². The third kappa shape index (κ3) is 4.94. The lowest BCUT2D eigenvalue weighted by Crippen LogP contribution is -2.10. The molecule has 118 valence electrons. The average Bonchev–Trinajstić information content (AvgIpc) is 2.51. The summed E-state index contributed by atoms with van der Waals surface area (Å²) >= 11 is 11.6. The molecule has 0 saturated carbocycles. The molecule has 0 bridgehead atoms. The number of oxime groups is 1. The highest BCUT2D eigenvalue weighted by atomic mass is 35.5. The molecule has 2 aromatic carbocycles. The van der Waals surface area contributed by atoms with Gasteiger partial charge in [0, 0.05) is 17.8 Å². The Morgan fingerprint density at radius 1 is 1.17 bits per heavy atom. The standard InChI is InChI=1S/C14H9Cl2N3O4/c15-12-6-3-10(7-13(12)16)18-14(20)23-17-8-9-1-4-11(5-2-9)19(21)22/h1-8H,(H,18,20)/b17-8+. The molecule has 0 aliphatic carbocycles. The maximum atomic E-state index is 11.5. The molecule has 2 aromatic rings.